The van der Waals surface area contributed by atoms with Gasteiger partial charge in [0.25, 0.3) is 0 Å². The van der Waals surface area contributed by atoms with Gasteiger partial charge in [-0.25, -0.2) is 9.59 Å². The first-order valence-corrected chi connectivity index (χ1v) is 14.9. The highest BCUT2D eigenvalue weighted by atomic mass is 16.5. The quantitative estimate of drug-likeness (QED) is 0.546. The van der Waals surface area contributed by atoms with Crippen LogP contribution >= 0.6 is 0 Å². The Balaban J connectivity index is 1.25. The Kier molecular flexibility index (Phi) is 7.33. The molecular weight excluding hydrogens is 466 g/mol. The normalized spacial score (nSPS) is 33.7. The maximum atomic E-state index is 14.0. The summed E-state index contributed by atoms with van der Waals surface area (Å²) in [5, 5.41) is 9.06. The molecule has 1 aromatic carbocycles. The van der Waals surface area contributed by atoms with E-state index in [1.807, 2.05) is 23.1 Å². The van der Waals surface area contributed by atoms with Crippen LogP contribution in [0.1, 0.15) is 83.5 Å². The molecule has 3 aliphatic heterocycles. The van der Waals surface area contributed by atoms with Crippen LogP contribution in [0, 0.1) is 11.8 Å². The lowest BCUT2D eigenvalue weighted by molar-refractivity contribution is -0.139. The molecule has 3 saturated heterocycles. The van der Waals surface area contributed by atoms with Gasteiger partial charge < -0.3 is 14.7 Å². The van der Waals surface area contributed by atoms with Crippen molar-refractivity contribution in [2.75, 3.05) is 24.6 Å². The number of ether oxygens (including phenoxy) is 1. The highest BCUT2D eigenvalue weighted by Crippen LogP contribution is 2.46. The van der Waals surface area contributed by atoms with Gasteiger partial charge in [0.1, 0.15) is 5.75 Å². The molecule has 0 radical (unpaired) electrons. The number of piperidine rings is 2. The largest absolute Gasteiger partial charge is 0.482 e. The van der Waals surface area contributed by atoms with Crippen molar-refractivity contribution in [2.24, 2.45) is 11.8 Å². The summed E-state index contributed by atoms with van der Waals surface area (Å²) in [5.41, 5.74) is 0.837. The van der Waals surface area contributed by atoms with E-state index in [-0.39, 0.29) is 18.7 Å². The van der Waals surface area contributed by atoms with E-state index >= 15 is 0 Å². The number of aliphatic carboxylic acids is 1. The van der Waals surface area contributed by atoms with Crippen molar-refractivity contribution < 1.29 is 19.4 Å². The molecule has 2 saturated carbocycles. The molecule has 5 aliphatic rings. The average Bonchev–Trinajstić information content (AvgIpc) is 3.42. The molecular formula is C30H43N3O4. The van der Waals surface area contributed by atoms with Gasteiger partial charge in [0.15, 0.2) is 6.61 Å². The molecule has 6 atom stereocenters. The number of carboxylic acid groups (broad SMARTS) is 1. The zero-order valence-corrected chi connectivity index (χ0v) is 22.1. The summed E-state index contributed by atoms with van der Waals surface area (Å²) >= 11 is 0. The maximum Gasteiger partial charge on any atom is 0.341 e. The second kappa shape index (κ2) is 10.8. The van der Waals surface area contributed by atoms with Gasteiger partial charge in [-0.1, -0.05) is 31.7 Å². The number of carbonyl (C=O) groups excluding carboxylic acids is 1. The molecule has 6 rings (SSSR count). The fraction of sp³-hybridized carbons (Fsp3) is 0.733. The number of hydrogen-bond acceptors (Lipinski definition) is 4. The molecule has 1 N–H and O–H groups in total. The molecule has 0 unspecified atom stereocenters. The third-order valence-electron chi connectivity index (χ3n) is 9.94. The number of carboxylic acids is 1. The minimum Gasteiger partial charge on any atom is -0.482 e. The van der Waals surface area contributed by atoms with E-state index in [1.165, 1.54) is 57.8 Å². The number of amides is 2. The number of nitrogens with zero attached hydrogens (tertiary/aromatic N) is 3. The first-order chi connectivity index (χ1) is 18.0. The number of hydrogen-bond donors (Lipinski definition) is 1. The van der Waals surface area contributed by atoms with Gasteiger partial charge in [-0.05, 0) is 81.8 Å². The van der Waals surface area contributed by atoms with Crippen LogP contribution in [0.5, 0.6) is 5.75 Å². The van der Waals surface area contributed by atoms with Gasteiger partial charge >= 0.3 is 12.0 Å². The lowest BCUT2D eigenvalue weighted by Gasteiger charge is -2.56. The molecule has 7 nitrogen and oxygen atoms in total. The van der Waals surface area contributed by atoms with E-state index in [4.69, 9.17) is 9.84 Å². The number of carbonyl (C=O) groups is 2. The Morgan fingerprint density at radius 1 is 0.865 bits per heavy atom. The topological polar surface area (TPSA) is 73.3 Å². The first kappa shape index (κ1) is 25.0. The van der Waals surface area contributed by atoms with Gasteiger partial charge in [-0.2, -0.15) is 0 Å². The predicted molar refractivity (Wildman–Crippen MR) is 143 cm³/mol. The molecule has 5 fully saturated rings. The van der Waals surface area contributed by atoms with Gasteiger partial charge in [-0.15, -0.1) is 0 Å². The van der Waals surface area contributed by atoms with Crippen molar-refractivity contribution in [3.8, 4) is 5.75 Å². The predicted octanol–water partition coefficient (Wildman–Crippen LogP) is 5.53. The molecule has 4 bridgehead atoms. The van der Waals surface area contributed by atoms with Gasteiger partial charge in [0, 0.05) is 49.0 Å². The number of benzene rings is 1. The molecule has 2 aliphatic carbocycles. The van der Waals surface area contributed by atoms with Crippen LogP contribution in [0.4, 0.5) is 10.5 Å². The summed E-state index contributed by atoms with van der Waals surface area (Å²) in [6.07, 6.45) is 16.5. The van der Waals surface area contributed by atoms with Crippen LogP contribution < -0.4 is 9.64 Å². The van der Waals surface area contributed by atoms with Crippen LogP contribution in [0.15, 0.2) is 24.3 Å². The van der Waals surface area contributed by atoms with Crippen LogP contribution in [0.2, 0.25) is 0 Å². The van der Waals surface area contributed by atoms with Crippen LogP contribution in [-0.2, 0) is 4.79 Å². The second-order valence-electron chi connectivity index (χ2n) is 12.4. The third-order valence-corrected chi connectivity index (χ3v) is 9.94. The molecule has 2 amide bonds. The fourth-order valence-electron chi connectivity index (χ4n) is 8.54. The zero-order valence-electron chi connectivity index (χ0n) is 22.1. The maximum absolute atomic E-state index is 14.0. The minimum atomic E-state index is -0.998. The van der Waals surface area contributed by atoms with E-state index in [0.29, 0.717) is 17.8 Å². The SMILES string of the molecule is O=C(O)COc1cccc(N(C(=O)N2CCCC2)[C@H]2C[C@H]3CCC[C@@H](C2)N3[C@H]2C[C@@H]3CCC[C@@H](C3)C2)c1. The van der Waals surface area contributed by atoms with Gasteiger partial charge in [0.2, 0.25) is 0 Å². The van der Waals surface area contributed by atoms with E-state index in [2.05, 4.69) is 9.80 Å². The summed E-state index contributed by atoms with van der Waals surface area (Å²) < 4.78 is 5.50. The van der Waals surface area contributed by atoms with Crippen molar-refractivity contribution in [3.05, 3.63) is 24.3 Å². The molecule has 37 heavy (non-hydrogen) atoms. The summed E-state index contributed by atoms with van der Waals surface area (Å²) in [5.74, 6) is 1.36. The van der Waals surface area contributed by atoms with Crippen LogP contribution in [0.25, 0.3) is 0 Å². The Labute approximate surface area is 221 Å². The zero-order chi connectivity index (χ0) is 25.4. The Morgan fingerprint density at radius 2 is 1.54 bits per heavy atom. The standard InChI is InChI=1S/C30H43N3O4/c34-29(35)20-37-28-11-5-10-25(19-28)33(30(36)31-12-1-2-13-31)27-17-23-8-4-9-24(18-27)32(23)26-15-21-6-3-7-22(14-21)16-26/h5,10-11,19,21-24,26-27H,1-4,6-9,12-18,20H2,(H,34,35)/t21-,22+,23-,24+,26+,27+. The molecule has 7 heteroatoms. The van der Waals surface area contributed by atoms with E-state index in [1.54, 1.807) is 6.07 Å². The van der Waals surface area contributed by atoms with E-state index in [0.717, 1.165) is 62.3 Å². The summed E-state index contributed by atoms with van der Waals surface area (Å²) in [7, 11) is 0. The number of rotatable bonds is 6. The second-order valence-corrected chi connectivity index (χ2v) is 12.4. The third kappa shape index (κ3) is 5.34. The summed E-state index contributed by atoms with van der Waals surface area (Å²) in [4.78, 5) is 32.0. The van der Waals surface area contributed by atoms with Gasteiger partial charge in [-0.3, -0.25) is 9.80 Å². The number of fused-ring (bicyclic) bond motifs is 4. The van der Waals surface area contributed by atoms with E-state index < -0.39 is 5.97 Å². The van der Waals surface area contributed by atoms with Crippen molar-refractivity contribution >= 4 is 17.7 Å². The van der Waals surface area contributed by atoms with Crippen molar-refractivity contribution in [1.29, 1.82) is 0 Å². The monoisotopic (exact) mass is 509 g/mol. The van der Waals surface area contributed by atoms with Gasteiger partial charge in [0.05, 0.1) is 0 Å². The Bertz CT molecular complexity index is 953. The summed E-state index contributed by atoms with van der Waals surface area (Å²) in [6.45, 7) is 1.26. The average molecular weight is 510 g/mol. The number of anilines is 1. The molecule has 0 aromatic heterocycles. The number of urea groups is 1. The fourth-order valence-corrected chi connectivity index (χ4v) is 8.54. The van der Waals surface area contributed by atoms with Crippen LogP contribution in [0.3, 0.4) is 0 Å². The Morgan fingerprint density at radius 3 is 2.22 bits per heavy atom. The minimum absolute atomic E-state index is 0.108. The van der Waals surface area contributed by atoms with Crippen molar-refractivity contribution in [2.45, 2.75) is 108 Å². The van der Waals surface area contributed by atoms with Crippen LogP contribution in [-0.4, -0.2) is 70.8 Å². The van der Waals surface area contributed by atoms with E-state index in [9.17, 15) is 9.59 Å². The Hall–Kier alpha value is -2.28. The smallest absolute Gasteiger partial charge is 0.341 e. The molecule has 3 heterocycles. The summed E-state index contributed by atoms with van der Waals surface area (Å²) in [6, 6.07) is 9.64. The highest BCUT2D eigenvalue weighted by Gasteiger charge is 2.47. The molecule has 1 aromatic rings. The lowest BCUT2D eigenvalue weighted by atomic mass is 9.68. The van der Waals surface area contributed by atoms with Crippen molar-refractivity contribution in [1.82, 2.24) is 9.80 Å². The number of likely N-dealkylation sites (tertiary alicyclic amines) is 1. The molecule has 202 valence electrons. The lowest BCUT2D eigenvalue weighted by Crippen LogP contribution is -2.62. The first-order valence-electron chi connectivity index (χ1n) is 14.9. The highest BCUT2D eigenvalue weighted by molar-refractivity contribution is 5.93. The molecule has 0 spiro atoms. The van der Waals surface area contributed by atoms with Crippen molar-refractivity contribution in [3.63, 3.8) is 0 Å².